The van der Waals surface area contributed by atoms with Crippen LogP contribution in [0.3, 0.4) is 0 Å². The molecule has 4 nitrogen and oxygen atoms in total. The van der Waals surface area contributed by atoms with Gasteiger partial charge in [-0.25, -0.2) is 9.07 Å². The summed E-state index contributed by atoms with van der Waals surface area (Å²) in [7, 11) is 2.22. The Hall–Kier alpha value is -2.66. The van der Waals surface area contributed by atoms with Gasteiger partial charge in [0.2, 0.25) is 0 Å². The molecule has 2 heterocycles. The second kappa shape index (κ2) is 14.7. The molecule has 1 saturated heterocycles. The maximum atomic E-state index is 13.4. The summed E-state index contributed by atoms with van der Waals surface area (Å²) < 4.78 is 15.2. The minimum Gasteiger partial charge on any atom is -0.382 e. The van der Waals surface area contributed by atoms with Gasteiger partial charge in [0.15, 0.2) is 0 Å². The number of likely N-dealkylation sites (tertiary alicyclic amines) is 1. The van der Waals surface area contributed by atoms with Crippen molar-refractivity contribution in [2.75, 3.05) is 20.1 Å². The van der Waals surface area contributed by atoms with Gasteiger partial charge in [0.1, 0.15) is 5.82 Å². The predicted molar refractivity (Wildman–Crippen MR) is 149 cm³/mol. The maximum Gasteiger partial charge on any atom is 0.123 e. The Morgan fingerprint density at radius 3 is 2.46 bits per heavy atom. The molecule has 2 aromatic rings. The van der Waals surface area contributed by atoms with Crippen LogP contribution in [0.4, 0.5) is 4.39 Å². The van der Waals surface area contributed by atoms with Gasteiger partial charge in [-0.3, -0.25) is 0 Å². The Labute approximate surface area is 212 Å². The zero-order chi connectivity index (χ0) is 25.8. The third-order valence-corrected chi connectivity index (χ3v) is 6.36. The van der Waals surface area contributed by atoms with Crippen molar-refractivity contribution in [2.24, 2.45) is 5.92 Å². The van der Waals surface area contributed by atoms with Crippen LogP contribution in [0.15, 0.2) is 54.9 Å². The molecular formula is C30H45FN4. The van der Waals surface area contributed by atoms with Gasteiger partial charge in [-0.15, -0.1) is 0 Å². The number of benzene rings is 1. The van der Waals surface area contributed by atoms with Crippen molar-refractivity contribution < 1.29 is 4.39 Å². The normalized spacial score (nSPS) is 18.0. The van der Waals surface area contributed by atoms with E-state index in [1.807, 2.05) is 17.0 Å². The van der Waals surface area contributed by atoms with E-state index in [1.54, 1.807) is 12.1 Å². The molecule has 1 aromatic carbocycles. The third kappa shape index (κ3) is 7.66. The molecule has 5 heteroatoms. The largest absolute Gasteiger partial charge is 0.382 e. The highest BCUT2D eigenvalue weighted by molar-refractivity contribution is 5.82. The number of nitrogens with one attached hydrogen (secondary N) is 1. The van der Waals surface area contributed by atoms with Gasteiger partial charge in [-0.1, -0.05) is 52.8 Å². The van der Waals surface area contributed by atoms with Crippen LogP contribution in [-0.2, 0) is 0 Å². The molecule has 3 rings (SSSR count). The van der Waals surface area contributed by atoms with Crippen LogP contribution in [0.2, 0.25) is 0 Å². The number of aromatic nitrogens is 2. The molecule has 0 bridgehead atoms. The second-order valence-corrected chi connectivity index (χ2v) is 9.29. The van der Waals surface area contributed by atoms with Crippen LogP contribution in [0, 0.1) is 11.7 Å². The van der Waals surface area contributed by atoms with Crippen LogP contribution in [0.25, 0.3) is 17.3 Å². The molecule has 1 aliphatic heterocycles. The van der Waals surface area contributed by atoms with E-state index < -0.39 is 0 Å². The SMILES string of the molecule is C=Cc1c(C(=C\C)/C(=C\CC)NC(CC)C2CCCN(C)C2)cnn1-c1ccc(F)cc1.CCC. The van der Waals surface area contributed by atoms with Gasteiger partial charge < -0.3 is 10.2 Å². The summed E-state index contributed by atoms with van der Waals surface area (Å²) >= 11 is 0. The van der Waals surface area contributed by atoms with Gasteiger partial charge in [0.05, 0.1) is 17.6 Å². The van der Waals surface area contributed by atoms with Crippen molar-refractivity contribution in [3.63, 3.8) is 0 Å². The number of hydrogen-bond donors (Lipinski definition) is 1. The van der Waals surface area contributed by atoms with E-state index in [-0.39, 0.29) is 5.82 Å². The van der Waals surface area contributed by atoms with E-state index in [0.29, 0.717) is 12.0 Å². The first-order chi connectivity index (χ1) is 16.9. The zero-order valence-corrected chi connectivity index (χ0v) is 22.6. The molecular weight excluding hydrogens is 435 g/mol. The average Bonchev–Trinajstić information content (AvgIpc) is 3.27. The molecule has 2 unspecified atom stereocenters. The van der Waals surface area contributed by atoms with Gasteiger partial charge in [0, 0.05) is 29.4 Å². The Bertz CT molecular complexity index is 971. The fourth-order valence-corrected chi connectivity index (χ4v) is 4.74. The highest BCUT2D eigenvalue weighted by atomic mass is 19.1. The lowest BCUT2D eigenvalue weighted by atomic mass is 9.88. The molecule has 192 valence electrons. The first-order valence-corrected chi connectivity index (χ1v) is 13.2. The monoisotopic (exact) mass is 480 g/mol. The highest BCUT2D eigenvalue weighted by Crippen LogP contribution is 2.30. The molecule has 0 saturated carbocycles. The summed E-state index contributed by atoms with van der Waals surface area (Å²) in [6.07, 6.45) is 13.9. The Balaban J connectivity index is 0.00000137. The molecule has 0 spiro atoms. The lowest BCUT2D eigenvalue weighted by molar-refractivity contribution is 0.176. The van der Waals surface area contributed by atoms with Crippen LogP contribution in [0.5, 0.6) is 0 Å². The van der Waals surface area contributed by atoms with E-state index in [2.05, 4.69) is 75.7 Å². The van der Waals surface area contributed by atoms with E-state index in [1.165, 1.54) is 37.9 Å². The summed E-state index contributed by atoms with van der Waals surface area (Å²) in [5.74, 6) is 0.379. The molecule has 0 amide bonds. The minimum absolute atomic E-state index is 0.258. The highest BCUT2D eigenvalue weighted by Gasteiger charge is 2.26. The fraction of sp³-hybridized carbons (Fsp3) is 0.500. The smallest absolute Gasteiger partial charge is 0.123 e. The molecule has 1 fully saturated rings. The van der Waals surface area contributed by atoms with Crippen molar-refractivity contribution in [1.82, 2.24) is 20.0 Å². The molecule has 35 heavy (non-hydrogen) atoms. The standard InChI is InChI=1S/C27H37FN4.C3H8/c1-6-11-26(30-25(8-3)20-12-10-17-31(5)19-20)23(7-2)24-18-29-32(27(24)9-4)22-15-13-21(28)14-16-22;1-3-2/h7,9,11,13-16,18,20,25,30H,4,6,8,10,12,17,19H2,1-3,5H3;3H2,1-2H3/b23-7+,26-11+;. The molecule has 1 N–H and O–H groups in total. The molecule has 1 aromatic heterocycles. The lowest BCUT2D eigenvalue weighted by Crippen LogP contribution is -2.44. The van der Waals surface area contributed by atoms with E-state index in [0.717, 1.165) is 47.6 Å². The van der Waals surface area contributed by atoms with E-state index in [9.17, 15) is 4.39 Å². The Morgan fingerprint density at radius 2 is 1.91 bits per heavy atom. The second-order valence-electron chi connectivity index (χ2n) is 9.29. The van der Waals surface area contributed by atoms with Crippen LogP contribution >= 0.6 is 0 Å². The van der Waals surface area contributed by atoms with Crippen LogP contribution in [-0.4, -0.2) is 40.9 Å². The minimum atomic E-state index is -0.258. The average molecular weight is 481 g/mol. The van der Waals surface area contributed by atoms with Gasteiger partial charge in [0.25, 0.3) is 0 Å². The number of piperidine rings is 1. The number of allylic oxidation sites excluding steroid dienone is 3. The predicted octanol–water partition coefficient (Wildman–Crippen LogP) is 7.48. The van der Waals surface area contributed by atoms with E-state index >= 15 is 0 Å². The molecule has 0 radical (unpaired) electrons. The zero-order valence-electron chi connectivity index (χ0n) is 22.6. The van der Waals surface area contributed by atoms with Gasteiger partial charge in [-0.05, 0) is 82.5 Å². The summed E-state index contributed by atoms with van der Waals surface area (Å²) in [6.45, 7) is 17.1. The van der Waals surface area contributed by atoms with Crippen molar-refractivity contribution in [3.8, 4) is 5.69 Å². The molecule has 2 atom stereocenters. The number of halogens is 1. The Morgan fingerprint density at radius 1 is 1.23 bits per heavy atom. The van der Waals surface area contributed by atoms with Crippen molar-refractivity contribution >= 4 is 11.6 Å². The lowest BCUT2D eigenvalue weighted by Gasteiger charge is -2.36. The van der Waals surface area contributed by atoms with Crippen molar-refractivity contribution in [2.45, 2.75) is 72.8 Å². The number of hydrogen-bond acceptors (Lipinski definition) is 3. The number of rotatable bonds is 9. The van der Waals surface area contributed by atoms with Crippen molar-refractivity contribution in [1.29, 1.82) is 0 Å². The first-order valence-electron chi connectivity index (χ1n) is 13.2. The van der Waals surface area contributed by atoms with Gasteiger partial charge in [-0.2, -0.15) is 5.10 Å². The topological polar surface area (TPSA) is 33.1 Å². The number of nitrogens with zero attached hydrogens (tertiary/aromatic N) is 3. The third-order valence-electron chi connectivity index (χ3n) is 6.36. The Kier molecular flexibility index (Phi) is 12.0. The summed E-state index contributed by atoms with van der Waals surface area (Å²) in [6, 6.07) is 6.81. The summed E-state index contributed by atoms with van der Waals surface area (Å²) in [4.78, 5) is 2.45. The summed E-state index contributed by atoms with van der Waals surface area (Å²) in [5, 5.41) is 8.52. The van der Waals surface area contributed by atoms with Crippen LogP contribution in [0.1, 0.15) is 78.0 Å². The van der Waals surface area contributed by atoms with Gasteiger partial charge >= 0.3 is 0 Å². The summed E-state index contributed by atoms with van der Waals surface area (Å²) in [5.41, 5.74) is 5.01. The van der Waals surface area contributed by atoms with Crippen molar-refractivity contribution in [3.05, 3.63) is 72.0 Å². The quantitative estimate of drug-likeness (QED) is 0.378. The molecule has 0 aliphatic carbocycles. The fourth-order valence-electron chi connectivity index (χ4n) is 4.74. The molecule has 1 aliphatic rings. The maximum absolute atomic E-state index is 13.4. The van der Waals surface area contributed by atoms with Crippen LogP contribution < -0.4 is 5.32 Å². The van der Waals surface area contributed by atoms with E-state index in [4.69, 9.17) is 0 Å². The first kappa shape index (κ1) is 28.6.